The van der Waals surface area contributed by atoms with Crippen LogP contribution < -0.4 is 0 Å². The molecule has 0 spiro atoms. The molecule has 0 aliphatic heterocycles. The summed E-state index contributed by atoms with van der Waals surface area (Å²) in [6.07, 6.45) is 7.11. The van der Waals surface area contributed by atoms with Crippen molar-refractivity contribution in [2.45, 2.75) is 46.5 Å². The molecule has 0 N–H and O–H groups in total. The van der Waals surface area contributed by atoms with Crippen LogP contribution >= 0.6 is 0 Å². The van der Waals surface area contributed by atoms with Crippen molar-refractivity contribution in [3.05, 3.63) is 28.8 Å². The molecule has 0 saturated heterocycles. The summed E-state index contributed by atoms with van der Waals surface area (Å²) in [5, 5.41) is 0. The van der Waals surface area contributed by atoms with Gasteiger partial charge < -0.3 is 0 Å². The molecule has 1 fully saturated rings. The van der Waals surface area contributed by atoms with Gasteiger partial charge in [0.05, 0.1) is 0 Å². The van der Waals surface area contributed by atoms with Crippen molar-refractivity contribution < 1.29 is 0 Å². The van der Waals surface area contributed by atoms with Crippen LogP contribution in [0.15, 0.2) is 28.8 Å². The predicted octanol–water partition coefficient (Wildman–Crippen LogP) is 4.00. The maximum atomic E-state index is 3.18. The molecule has 70 valence electrons. The second-order valence-corrected chi connectivity index (χ2v) is 4.72. The molecular formula is C13H18. The Balaban J connectivity index is 2.76. The third-order valence-corrected chi connectivity index (χ3v) is 2.02. The highest BCUT2D eigenvalue weighted by Crippen LogP contribution is 2.21. The van der Waals surface area contributed by atoms with E-state index < -0.39 is 0 Å². The molecule has 0 aromatic carbocycles. The van der Waals surface area contributed by atoms with Gasteiger partial charge in [0.1, 0.15) is 0 Å². The molecule has 0 bridgehead atoms. The Bertz CT molecular complexity index is 285. The molecule has 0 radical (unpaired) electrons. The van der Waals surface area contributed by atoms with Crippen molar-refractivity contribution in [3.8, 4) is 0 Å². The molecule has 0 heteroatoms. The standard InChI is InChI=1S/C13H18/c1-13(2,3)11-7-6-10-12-8-4-5-9-12/h11H,4-5,8-9H2,1-3H3. The molecule has 0 aromatic rings. The predicted molar refractivity (Wildman–Crippen MR) is 56.5 cm³/mol. The summed E-state index contributed by atoms with van der Waals surface area (Å²) in [6, 6.07) is 0. The summed E-state index contributed by atoms with van der Waals surface area (Å²) >= 11 is 0. The summed E-state index contributed by atoms with van der Waals surface area (Å²) in [4.78, 5) is 0. The average Bonchev–Trinajstić information content (AvgIpc) is 2.48. The molecule has 0 unspecified atom stereocenters. The van der Waals surface area contributed by atoms with Gasteiger partial charge in [-0.1, -0.05) is 32.2 Å². The van der Waals surface area contributed by atoms with Crippen molar-refractivity contribution in [1.82, 2.24) is 0 Å². The van der Waals surface area contributed by atoms with E-state index in [4.69, 9.17) is 0 Å². The van der Waals surface area contributed by atoms with Gasteiger partial charge in [-0.2, -0.15) is 0 Å². The van der Waals surface area contributed by atoms with Crippen LogP contribution in [0.2, 0.25) is 0 Å². The second-order valence-electron chi connectivity index (χ2n) is 4.72. The highest BCUT2D eigenvalue weighted by atomic mass is 14.1. The van der Waals surface area contributed by atoms with Crippen LogP contribution in [0.3, 0.4) is 0 Å². The van der Waals surface area contributed by atoms with E-state index in [1.54, 1.807) is 0 Å². The Morgan fingerprint density at radius 3 is 2.31 bits per heavy atom. The topological polar surface area (TPSA) is 0 Å². The number of hydrogen-bond acceptors (Lipinski definition) is 0. The van der Waals surface area contributed by atoms with Crippen LogP contribution in [0.4, 0.5) is 0 Å². The minimum atomic E-state index is 0.203. The van der Waals surface area contributed by atoms with E-state index in [-0.39, 0.29) is 5.41 Å². The van der Waals surface area contributed by atoms with E-state index in [9.17, 15) is 0 Å². The first-order valence-corrected chi connectivity index (χ1v) is 5.03. The second kappa shape index (κ2) is 4.35. The Morgan fingerprint density at radius 2 is 1.77 bits per heavy atom. The fourth-order valence-electron chi connectivity index (χ4n) is 1.30. The lowest BCUT2D eigenvalue weighted by atomic mass is 9.97. The smallest absolute Gasteiger partial charge is 0.0121 e. The van der Waals surface area contributed by atoms with Crippen molar-refractivity contribution in [1.29, 1.82) is 0 Å². The molecule has 0 aromatic heterocycles. The van der Waals surface area contributed by atoms with Crippen molar-refractivity contribution >= 4 is 0 Å². The SMILES string of the molecule is CC(C)(C)C=C=C=C=C1CCCC1. The fraction of sp³-hybridized carbons (Fsp3) is 0.615. The third kappa shape index (κ3) is 4.61. The first-order valence-electron chi connectivity index (χ1n) is 5.03. The number of hydrogen-bond donors (Lipinski definition) is 0. The van der Waals surface area contributed by atoms with Crippen molar-refractivity contribution in [2.24, 2.45) is 5.41 Å². The maximum Gasteiger partial charge on any atom is -0.0121 e. The van der Waals surface area contributed by atoms with Crippen molar-refractivity contribution in [2.75, 3.05) is 0 Å². The van der Waals surface area contributed by atoms with Gasteiger partial charge in [-0.25, -0.2) is 0 Å². The molecule has 0 heterocycles. The minimum Gasteiger partial charge on any atom is -0.0653 e. The van der Waals surface area contributed by atoms with Crippen LogP contribution in [0.1, 0.15) is 46.5 Å². The van der Waals surface area contributed by atoms with Gasteiger partial charge in [-0.3, -0.25) is 0 Å². The average molecular weight is 174 g/mol. The fourth-order valence-corrected chi connectivity index (χ4v) is 1.30. The summed E-state index contributed by atoms with van der Waals surface area (Å²) in [7, 11) is 0. The quantitative estimate of drug-likeness (QED) is 0.487. The van der Waals surface area contributed by atoms with E-state index in [0.717, 1.165) is 0 Å². The molecular weight excluding hydrogens is 156 g/mol. The van der Waals surface area contributed by atoms with Crippen LogP contribution in [-0.4, -0.2) is 0 Å². The Labute approximate surface area is 81.4 Å². The summed E-state index contributed by atoms with van der Waals surface area (Å²) in [6.45, 7) is 6.47. The monoisotopic (exact) mass is 174 g/mol. The van der Waals surface area contributed by atoms with Gasteiger partial charge in [-0.05, 0) is 48.5 Å². The van der Waals surface area contributed by atoms with Gasteiger partial charge in [0, 0.05) is 0 Å². The molecule has 0 atom stereocenters. The van der Waals surface area contributed by atoms with E-state index in [2.05, 4.69) is 38.0 Å². The number of rotatable bonds is 0. The molecule has 13 heavy (non-hydrogen) atoms. The van der Waals surface area contributed by atoms with E-state index in [1.165, 1.54) is 31.3 Å². The zero-order chi connectivity index (χ0) is 9.73. The minimum absolute atomic E-state index is 0.203. The van der Waals surface area contributed by atoms with Gasteiger partial charge in [-0.15, -0.1) is 0 Å². The number of allylic oxidation sites excluding steroid dienone is 2. The summed E-state index contributed by atoms with van der Waals surface area (Å²) < 4.78 is 0. The van der Waals surface area contributed by atoms with E-state index in [0.29, 0.717) is 0 Å². The lowest BCUT2D eigenvalue weighted by Gasteiger charge is -2.07. The Morgan fingerprint density at radius 1 is 1.15 bits per heavy atom. The molecule has 1 aliphatic carbocycles. The van der Waals surface area contributed by atoms with Gasteiger partial charge in [0.2, 0.25) is 0 Å². The molecule has 0 nitrogen and oxygen atoms in total. The Hall–Kier alpha value is -0.920. The largest absolute Gasteiger partial charge is 0.0653 e. The van der Waals surface area contributed by atoms with Crippen LogP contribution in [0, 0.1) is 5.41 Å². The van der Waals surface area contributed by atoms with Gasteiger partial charge >= 0.3 is 0 Å². The van der Waals surface area contributed by atoms with Crippen LogP contribution in [0.25, 0.3) is 0 Å². The summed E-state index contributed by atoms with van der Waals surface area (Å²) in [5.41, 5.74) is 10.8. The van der Waals surface area contributed by atoms with Crippen LogP contribution in [-0.2, 0) is 0 Å². The third-order valence-electron chi connectivity index (χ3n) is 2.02. The highest BCUT2D eigenvalue weighted by molar-refractivity contribution is 5.05. The molecule has 1 rings (SSSR count). The van der Waals surface area contributed by atoms with Gasteiger partial charge in [0.25, 0.3) is 0 Å². The summed E-state index contributed by atoms with van der Waals surface area (Å²) in [5.74, 6) is 0. The molecule has 0 amide bonds. The first kappa shape index (κ1) is 10.2. The lowest BCUT2D eigenvalue weighted by Crippen LogP contribution is -1.96. The van der Waals surface area contributed by atoms with E-state index >= 15 is 0 Å². The normalized spacial score (nSPS) is 16.1. The van der Waals surface area contributed by atoms with Gasteiger partial charge in [0.15, 0.2) is 0 Å². The highest BCUT2D eigenvalue weighted by Gasteiger charge is 2.04. The first-order chi connectivity index (χ1) is 6.08. The maximum absolute atomic E-state index is 3.18. The zero-order valence-corrected chi connectivity index (χ0v) is 8.91. The Kier molecular flexibility index (Phi) is 3.40. The molecule has 1 saturated carbocycles. The zero-order valence-electron chi connectivity index (χ0n) is 8.91. The van der Waals surface area contributed by atoms with E-state index in [1.807, 2.05) is 6.08 Å². The lowest BCUT2D eigenvalue weighted by molar-refractivity contribution is 0.545. The molecule has 1 aliphatic rings. The van der Waals surface area contributed by atoms with Crippen molar-refractivity contribution in [3.63, 3.8) is 0 Å². The van der Waals surface area contributed by atoms with Crippen LogP contribution in [0.5, 0.6) is 0 Å².